The maximum atomic E-state index is 12.6. The lowest BCUT2D eigenvalue weighted by Crippen LogP contribution is -2.39. The van der Waals surface area contributed by atoms with Gasteiger partial charge in [-0.2, -0.15) is 13.2 Å². The fourth-order valence-corrected chi connectivity index (χ4v) is 3.45. The molecule has 0 aliphatic heterocycles. The quantitative estimate of drug-likeness (QED) is 0.297. The number of halogens is 4. The first-order chi connectivity index (χ1) is 12.9. The Morgan fingerprint density at radius 1 is 1.32 bits per heavy atom. The van der Waals surface area contributed by atoms with E-state index >= 15 is 0 Å². The first-order valence-electron chi connectivity index (χ1n) is 8.27. The fourth-order valence-electron chi connectivity index (χ4n) is 2.65. The number of aliphatic imine (C=N–C) groups is 1. The van der Waals surface area contributed by atoms with E-state index in [2.05, 4.69) is 15.3 Å². The van der Waals surface area contributed by atoms with Gasteiger partial charge in [-0.1, -0.05) is 18.2 Å². The zero-order valence-electron chi connectivity index (χ0n) is 15.3. The summed E-state index contributed by atoms with van der Waals surface area (Å²) in [5.41, 5.74) is -0.0121. The van der Waals surface area contributed by atoms with Crippen molar-refractivity contribution in [1.29, 1.82) is 0 Å². The van der Waals surface area contributed by atoms with Crippen LogP contribution >= 0.6 is 35.3 Å². The molecule has 0 saturated heterocycles. The molecule has 0 unspecified atom stereocenters. The van der Waals surface area contributed by atoms with Crippen molar-refractivity contribution < 1.29 is 17.6 Å². The molecule has 3 rings (SSSR count). The number of hydrogen-bond acceptors (Lipinski definition) is 4. The molecule has 0 atom stereocenters. The molecule has 5 nitrogen and oxygen atoms in total. The average molecular weight is 524 g/mol. The molecule has 152 valence electrons. The summed E-state index contributed by atoms with van der Waals surface area (Å²) in [6.07, 6.45) is -4.01. The summed E-state index contributed by atoms with van der Waals surface area (Å²) in [6.45, 7) is 0.950. The SMILES string of the molecule is CN=C(NCCc1nc(C(F)(F)F)cs1)N(C)Cc1cc2ccccc2o1.I. The highest BCUT2D eigenvalue weighted by Crippen LogP contribution is 2.30. The number of aromatic nitrogens is 1. The maximum Gasteiger partial charge on any atom is 0.434 e. The molecule has 0 saturated carbocycles. The fraction of sp³-hybridized carbons (Fsp3) is 0.333. The van der Waals surface area contributed by atoms with Gasteiger partial charge in [-0.05, 0) is 12.1 Å². The van der Waals surface area contributed by atoms with Gasteiger partial charge < -0.3 is 14.6 Å². The third kappa shape index (κ3) is 5.60. The van der Waals surface area contributed by atoms with Crippen LogP contribution in [0.4, 0.5) is 13.2 Å². The Hall–Kier alpha value is -1.82. The number of hydrogen-bond donors (Lipinski definition) is 1. The van der Waals surface area contributed by atoms with E-state index in [0.29, 0.717) is 30.5 Å². The normalized spacial score (nSPS) is 12.1. The summed E-state index contributed by atoms with van der Waals surface area (Å²) < 4.78 is 43.6. The second kappa shape index (κ2) is 9.59. The number of furan rings is 1. The number of benzene rings is 1. The Bertz CT molecular complexity index is 905. The first-order valence-corrected chi connectivity index (χ1v) is 9.15. The second-order valence-corrected chi connectivity index (χ2v) is 6.90. The summed E-state index contributed by atoms with van der Waals surface area (Å²) in [4.78, 5) is 9.72. The van der Waals surface area contributed by atoms with Crippen LogP contribution in [0, 0.1) is 0 Å². The van der Waals surface area contributed by atoms with Gasteiger partial charge in [-0.25, -0.2) is 4.98 Å². The Balaban J connectivity index is 0.00000280. The molecule has 1 aromatic carbocycles. The van der Waals surface area contributed by atoms with Gasteiger partial charge in [-0.15, -0.1) is 35.3 Å². The number of guanidine groups is 1. The molecule has 28 heavy (non-hydrogen) atoms. The van der Waals surface area contributed by atoms with Crippen molar-refractivity contribution in [1.82, 2.24) is 15.2 Å². The molecule has 0 bridgehead atoms. The van der Waals surface area contributed by atoms with Crippen molar-refractivity contribution in [2.24, 2.45) is 4.99 Å². The monoisotopic (exact) mass is 524 g/mol. The molecular weight excluding hydrogens is 504 g/mol. The Morgan fingerprint density at radius 2 is 2.07 bits per heavy atom. The van der Waals surface area contributed by atoms with Crippen molar-refractivity contribution in [2.45, 2.75) is 19.1 Å². The minimum atomic E-state index is -4.40. The minimum absolute atomic E-state index is 0. The van der Waals surface area contributed by atoms with Crippen LogP contribution in [0.1, 0.15) is 16.5 Å². The molecule has 3 aromatic rings. The van der Waals surface area contributed by atoms with E-state index in [0.717, 1.165) is 33.4 Å². The second-order valence-electron chi connectivity index (χ2n) is 5.95. The molecule has 2 aromatic heterocycles. The third-order valence-electron chi connectivity index (χ3n) is 3.91. The van der Waals surface area contributed by atoms with Crippen LogP contribution in [0.25, 0.3) is 11.0 Å². The van der Waals surface area contributed by atoms with Crippen LogP contribution in [-0.4, -0.2) is 36.5 Å². The van der Waals surface area contributed by atoms with Crippen LogP contribution in [0.2, 0.25) is 0 Å². The summed E-state index contributed by atoms with van der Waals surface area (Å²) in [6, 6.07) is 9.75. The molecule has 0 amide bonds. The number of alkyl halides is 3. The predicted molar refractivity (Wildman–Crippen MR) is 115 cm³/mol. The lowest BCUT2D eigenvalue weighted by Gasteiger charge is -2.20. The van der Waals surface area contributed by atoms with Gasteiger partial charge in [0.2, 0.25) is 0 Å². The van der Waals surface area contributed by atoms with Crippen LogP contribution in [0.5, 0.6) is 0 Å². The number of nitrogens with zero attached hydrogens (tertiary/aromatic N) is 3. The summed E-state index contributed by atoms with van der Waals surface area (Å²) in [5, 5.41) is 5.65. The van der Waals surface area contributed by atoms with E-state index in [4.69, 9.17) is 4.42 Å². The van der Waals surface area contributed by atoms with E-state index in [1.54, 1.807) is 7.05 Å². The predicted octanol–water partition coefficient (Wildman–Crippen LogP) is 4.78. The van der Waals surface area contributed by atoms with E-state index in [9.17, 15) is 13.2 Å². The lowest BCUT2D eigenvalue weighted by atomic mass is 10.2. The Morgan fingerprint density at radius 3 is 2.71 bits per heavy atom. The number of rotatable bonds is 5. The number of thiazole rings is 1. The molecule has 0 aliphatic carbocycles. The van der Waals surface area contributed by atoms with Crippen LogP contribution in [0.3, 0.4) is 0 Å². The lowest BCUT2D eigenvalue weighted by molar-refractivity contribution is -0.140. The van der Waals surface area contributed by atoms with E-state index in [-0.39, 0.29) is 24.0 Å². The molecule has 10 heteroatoms. The minimum Gasteiger partial charge on any atom is -0.459 e. The molecule has 0 fully saturated rings. The van der Waals surface area contributed by atoms with Crippen molar-refractivity contribution in [3.8, 4) is 0 Å². The Labute approximate surface area is 181 Å². The van der Waals surface area contributed by atoms with Gasteiger partial charge in [0.25, 0.3) is 0 Å². The topological polar surface area (TPSA) is 53.7 Å². The zero-order chi connectivity index (χ0) is 19.4. The molecule has 1 N–H and O–H groups in total. The van der Waals surface area contributed by atoms with Crippen molar-refractivity contribution in [3.63, 3.8) is 0 Å². The molecule has 2 heterocycles. The van der Waals surface area contributed by atoms with Gasteiger partial charge >= 0.3 is 6.18 Å². The number of para-hydroxylation sites is 1. The highest BCUT2D eigenvalue weighted by Gasteiger charge is 2.33. The number of nitrogens with one attached hydrogen (secondary N) is 1. The van der Waals surface area contributed by atoms with E-state index in [1.807, 2.05) is 42.3 Å². The number of fused-ring (bicyclic) bond motifs is 1. The molecular formula is C18H20F3IN4OS. The van der Waals surface area contributed by atoms with Crippen LogP contribution in [-0.2, 0) is 19.1 Å². The molecule has 0 spiro atoms. The average Bonchev–Trinajstić information content (AvgIpc) is 3.24. The first kappa shape index (κ1) is 22.5. The Kier molecular flexibility index (Phi) is 7.70. The van der Waals surface area contributed by atoms with Crippen molar-refractivity contribution >= 4 is 52.2 Å². The summed E-state index contributed by atoms with van der Waals surface area (Å²) in [7, 11) is 3.52. The van der Waals surface area contributed by atoms with Gasteiger partial charge in [0.15, 0.2) is 11.7 Å². The van der Waals surface area contributed by atoms with Crippen molar-refractivity contribution in [3.05, 3.63) is 52.2 Å². The van der Waals surface area contributed by atoms with Gasteiger partial charge in [0.1, 0.15) is 11.3 Å². The highest BCUT2D eigenvalue weighted by molar-refractivity contribution is 14.0. The maximum absolute atomic E-state index is 12.6. The standard InChI is InChI=1S/C18H19F3N4OS.HI/c1-22-17(23-8-7-16-24-15(11-27-16)18(19,20)21)25(2)10-13-9-12-5-3-4-6-14(12)26-13;/h3-6,9,11H,7-8,10H2,1-2H3,(H,22,23);1H. The van der Waals surface area contributed by atoms with E-state index in [1.165, 1.54) is 0 Å². The van der Waals surface area contributed by atoms with Crippen LogP contribution in [0.15, 0.2) is 45.1 Å². The third-order valence-corrected chi connectivity index (χ3v) is 4.82. The molecule has 0 radical (unpaired) electrons. The molecule has 0 aliphatic rings. The van der Waals surface area contributed by atoms with E-state index < -0.39 is 11.9 Å². The van der Waals surface area contributed by atoms with Gasteiger partial charge in [-0.3, -0.25) is 4.99 Å². The van der Waals surface area contributed by atoms with Crippen molar-refractivity contribution in [2.75, 3.05) is 20.6 Å². The zero-order valence-corrected chi connectivity index (χ0v) is 18.4. The summed E-state index contributed by atoms with van der Waals surface area (Å²) in [5.74, 6) is 1.43. The summed E-state index contributed by atoms with van der Waals surface area (Å²) >= 11 is 1.01. The van der Waals surface area contributed by atoms with Crippen LogP contribution < -0.4 is 5.32 Å². The highest BCUT2D eigenvalue weighted by atomic mass is 127. The largest absolute Gasteiger partial charge is 0.459 e. The van der Waals surface area contributed by atoms with Gasteiger partial charge in [0.05, 0.1) is 11.6 Å². The smallest absolute Gasteiger partial charge is 0.434 e. The van der Waals surface area contributed by atoms with Gasteiger partial charge in [0, 0.05) is 37.8 Å².